The highest BCUT2D eigenvalue weighted by atomic mass is 16.6. The number of piperidine rings is 1. The van der Waals surface area contributed by atoms with E-state index < -0.39 is 11.7 Å². The third kappa shape index (κ3) is 4.29. The normalized spacial score (nSPS) is 15.6. The van der Waals surface area contributed by atoms with Crippen LogP contribution in [0.3, 0.4) is 0 Å². The zero-order valence-electron chi connectivity index (χ0n) is 13.6. The zero-order valence-corrected chi connectivity index (χ0v) is 13.6. The molecule has 0 aliphatic carbocycles. The second kappa shape index (κ2) is 6.90. The molecule has 0 aromatic heterocycles. The van der Waals surface area contributed by atoms with Gasteiger partial charge in [0.05, 0.1) is 0 Å². The van der Waals surface area contributed by atoms with Crippen molar-refractivity contribution in [1.82, 2.24) is 0 Å². The molecule has 4 N–H and O–H groups in total. The van der Waals surface area contributed by atoms with Crippen molar-refractivity contribution in [3.05, 3.63) is 23.8 Å². The van der Waals surface area contributed by atoms with Crippen molar-refractivity contribution in [3.63, 3.8) is 0 Å². The molecule has 1 amide bonds. The molecule has 1 aromatic carbocycles. The monoisotopic (exact) mass is 305 g/mol. The predicted octanol–water partition coefficient (Wildman–Crippen LogP) is 3.07. The number of nitrogens with two attached hydrogens (primary N) is 2. The third-order valence-corrected chi connectivity index (χ3v) is 4.24. The highest BCUT2D eigenvalue weighted by molar-refractivity contribution is 5.66. The van der Waals surface area contributed by atoms with E-state index in [1.807, 2.05) is 26.0 Å². The number of nitrogens with zero attached hydrogens (tertiary/aromatic N) is 1. The minimum absolute atomic E-state index is 0.590. The quantitative estimate of drug-likeness (QED) is 0.819. The number of rotatable bonds is 5. The summed E-state index contributed by atoms with van der Waals surface area (Å²) in [4.78, 5) is 13.4. The Morgan fingerprint density at radius 2 is 1.95 bits per heavy atom. The first kappa shape index (κ1) is 16.5. The fourth-order valence-corrected chi connectivity index (χ4v) is 3.04. The SMILES string of the molecule is CC(C)(CCc1c(N)cccc1N1CCCCC1)OC(N)=O. The van der Waals surface area contributed by atoms with Gasteiger partial charge in [-0.05, 0) is 63.6 Å². The summed E-state index contributed by atoms with van der Waals surface area (Å²) in [5, 5.41) is 0. The van der Waals surface area contributed by atoms with Crippen molar-refractivity contribution in [3.8, 4) is 0 Å². The standard InChI is InChI=1S/C17H27N3O2/c1-17(2,22-16(19)21)10-9-13-14(18)7-6-8-15(13)20-11-4-3-5-12-20/h6-8H,3-5,9-12,18H2,1-2H3,(H2,19,21). The van der Waals surface area contributed by atoms with Crippen molar-refractivity contribution in [2.75, 3.05) is 23.7 Å². The molecule has 1 heterocycles. The van der Waals surface area contributed by atoms with Crippen LogP contribution < -0.4 is 16.4 Å². The maximum absolute atomic E-state index is 11.0. The molecular weight excluding hydrogens is 278 g/mol. The summed E-state index contributed by atoms with van der Waals surface area (Å²) in [5.41, 5.74) is 13.9. The number of anilines is 2. The summed E-state index contributed by atoms with van der Waals surface area (Å²) in [6, 6.07) is 6.08. The summed E-state index contributed by atoms with van der Waals surface area (Å²) in [6.07, 6.45) is 4.47. The number of carbonyl (C=O) groups is 1. The Bertz CT molecular complexity index is 523. The minimum Gasteiger partial charge on any atom is -0.444 e. The van der Waals surface area contributed by atoms with Crippen molar-refractivity contribution < 1.29 is 9.53 Å². The zero-order chi connectivity index (χ0) is 16.2. The molecule has 0 bridgehead atoms. The molecule has 0 atom stereocenters. The second-order valence-corrected chi connectivity index (χ2v) is 6.57. The van der Waals surface area contributed by atoms with E-state index in [9.17, 15) is 4.79 Å². The number of benzene rings is 1. The molecule has 0 spiro atoms. The average Bonchev–Trinajstić information content (AvgIpc) is 2.45. The van der Waals surface area contributed by atoms with E-state index in [4.69, 9.17) is 16.2 Å². The second-order valence-electron chi connectivity index (χ2n) is 6.57. The lowest BCUT2D eigenvalue weighted by molar-refractivity contribution is 0.0395. The van der Waals surface area contributed by atoms with Crippen molar-refractivity contribution in [2.24, 2.45) is 5.73 Å². The van der Waals surface area contributed by atoms with Crippen molar-refractivity contribution >= 4 is 17.5 Å². The van der Waals surface area contributed by atoms with E-state index in [1.165, 1.54) is 24.9 Å². The minimum atomic E-state index is -0.734. The van der Waals surface area contributed by atoms with Crippen LogP contribution >= 0.6 is 0 Å². The summed E-state index contributed by atoms with van der Waals surface area (Å²) < 4.78 is 5.17. The fraction of sp³-hybridized carbons (Fsp3) is 0.588. The van der Waals surface area contributed by atoms with Crippen LogP contribution in [0.4, 0.5) is 16.2 Å². The van der Waals surface area contributed by atoms with Crippen LogP contribution in [0.5, 0.6) is 0 Å². The lowest BCUT2D eigenvalue weighted by Crippen LogP contribution is -2.33. The Kier molecular flexibility index (Phi) is 5.16. The topological polar surface area (TPSA) is 81.6 Å². The number of carbonyl (C=O) groups excluding carboxylic acids is 1. The van der Waals surface area contributed by atoms with E-state index in [2.05, 4.69) is 11.0 Å². The Morgan fingerprint density at radius 3 is 2.59 bits per heavy atom. The van der Waals surface area contributed by atoms with Gasteiger partial charge in [0, 0.05) is 24.5 Å². The van der Waals surface area contributed by atoms with Gasteiger partial charge in [0.15, 0.2) is 0 Å². The molecule has 0 radical (unpaired) electrons. The molecule has 1 aliphatic rings. The highest BCUT2D eigenvalue weighted by Crippen LogP contribution is 2.31. The van der Waals surface area contributed by atoms with Gasteiger partial charge >= 0.3 is 6.09 Å². The van der Waals surface area contributed by atoms with Gasteiger partial charge in [-0.3, -0.25) is 0 Å². The van der Waals surface area contributed by atoms with Gasteiger partial charge in [0.2, 0.25) is 0 Å². The number of nitrogen functional groups attached to an aromatic ring is 1. The maximum Gasteiger partial charge on any atom is 0.405 e. The van der Waals surface area contributed by atoms with E-state index in [1.54, 1.807) is 0 Å². The number of hydrogen-bond acceptors (Lipinski definition) is 4. The first-order chi connectivity index (χ1) is 10.4. The molecule has 1 aliphatic heterocycles. The van der Waals surface area contributed by atoms with E-state index in [-0.39, 0.29) is 0 Å². The maximum atomic E-state index is 11.0. The molecule has 22 heavy (non-hydrogen) atoms. The summed E-state index contributed by atoms with van der Waals surface area (Å²) >= 11 is 0. The molecule has 5 nitrogen and oxygen atoms in total. The Hall–Kier alpha value is -1.91. The van der Waals surface area contributed by atoms with Crippen LogP contribution in [0.15, 0.2) is 18.2 Å². The summed E-state index contributed by atoms with van der Waals surface area (Å²) in [5.74, 6) is 0. The van der Waals surface area contributed by atoms with Crippen LogP contribution in [0.25, 0.3) is 0 Å². The van der Waals surface area contributed by atoms with Gasteiger partial charge in [-0.2, -0.15) is 0 Å². The van der Waals surface area contributed by atoms with E-state index >= 15 is 0 Å². The molecule has 0 unspecified atom stereocenters. The molecule has 1 fully saturated rings. The number of amides is 1. The Balaban J connectivity index is 2.14. The molecule has 2 rings (SSSR count). The Labute approximate surface area is 132 Å². The van der Waals surface area contributed by atoms with Gasteiger partial charge in [-0.15, -0.1) is 0 Å². The molecule has 122 valence electrons. The lowest BCUT2D eigenvalue weighted by atomic mass is 9.95. The number of ether oxygens (including phenoxy) is 1. The first-order valence-corrected chi connectivity index (χ1v) is 8.00. The fourth-order valence-electron chi connectivity index (χ4n) is 3.04. The summed E-state index contributed by atoms with van der Waals surface area (Å²) in [7, 11) is 0. The smallest absolute Gasteiger partial charge is 0.405 e. The van der Waals surface area contributed by atoms with Crippen LogP contribution in [0.2, 0.25) is 0 Å². The molecule has 0 saturated carbocycles. The largest absolute Gasteiger partial charge is 0.444 e. The molecular formula is C17H27N3O2. The number of hydrogen-bond donors (Lipinski definition) is 2. The van der Waals surface area contributed by atoms with Gasteiger partial charge in [0.25, 0.3) is 0 Å². The Morgan fingerprint density at radius 1 is 1.27 bits per heavy atom. The molecule has 1 aromatic rings. The van der Waals surface area contributed by atoms with Gasteiger partial charge in [0.1, 0.15) is 5.60 Å². The van der Waals surface area contributed by atoms with Crippen LogP contribution in [0.1, 0.15) is 45.1 Å². The van der Waals surface area contributed by atoms with E-state index in [0.717, 1.165) is 30.8 Å². The van der Waals surface area contributed by atoms with Crippen LogP contribution in [0, 0.1) is 0 Å². The molecule has 5 heteroatoms. The highest BCUT2D eigenvalue weighted by Gasteiger charge is 2.23. The molecule has 1 saturated heterocycles. The predicted molar refractivity (Wildman–Crippen MR) is 90.0 cm³/mol. The summed E-state index contributed by atoms with van der Waals surface area (Å²) in [6.45, 7) is 5.91. The van der Waals surface area contributed by atoms with Gasteiger partial charge in [-0.1, -0.05) is 6.07 Å². The number of primary amides is 1. The van der Waals surface area contributed by atoms with Gasteiger partial charge in [-0.25, -0.2) is 4.79 Å². The lowest BCUT2D eigenvalue weighted by Gasteiger charge is -2.32. The van der Waals surface area contributed by atoms with Crippen molar-refractivity contribution in [2.45, 2.75) is 51.6 Å². The first-order valence-electron chi connectivity index (χ1n) is 8.00. The average molecular weight is 305 g/mol. The third-order valence-electron chi connectivity index (χ3n) is 4.24. The van der Waals surface area contributed by atoms with E-state index in [0.29, 0.717) is 6.42 Å². The van der Waals surface area contributed by atoms with Crippen LogP contribution in [-0.4, -0.2) is 24.8 Å². The van der Waals surface area contributed by atoms with Gasteiger partial charge < -0.3 is 21.1 Å². The van der Waals surface area contributed by atoms with Crippen LogP contribution in [-0.2, 0) is 11.2 Å². The van der Waals surface area contributed by atoms with Crippen molar-refractivity contribution in [1.29, 1.82) is 0 Å².